The Bertz CT molecular complexity index is 1190. The molecule has 7 nitrogen and oxygen atoms in total. The van der Waals surface area contributed by atoms with E-state index < -0.39 is 5.91 Å². The number of rotatable bonds is 9. The highest BCUT2D eigenvalue weighted by molar-refractivity contribution is 8.26. The van der Waals surface area contributed by atoms with Gasteiger partial charge in [-0.1, -0.05) is 43.3 Å². The molecule has 0 spiro atoms. The molecule has 0 saturated carbocycles. The van der Waals surface area contributed by atoms with E-state index >= 15 is 0 Å². The van der Waals surface area contributed by atoms with Crippen LogP contribution in [0.25, 0.3) is 6.08 Å². The molecule has 0 bridgehead atoms. The number of hydrogen-bond acceptors (Lipinski definition) is 6. The van der Waals surface area contributed by atoms with Crippen molar-refractivity contribution in [1.82, 2.24) is 5.01 Å². The second kappa shape index (κ2) is 10.3. The molecule has 1 amide bonds. The number of carbonyl (C=O) groups is 1. The molecule has 0 unspecified atom stereocenters. The largest absolute Gasteiger partial charge is 0.490 e. The highest BCUT2D eigenvalue weighted by Gasteiger charge is 2.35. The van der Waals surface area contributed by atoms with Crippen LogP contribution in [0, 0.1) is 5.41 Å². The van der Waals surface area contributed by atoms with Crippen LogP contribution in [0.1, 0.15) is 24.5 Å². The Morgan fingerprint density at radius 1 is 1.15 bits per heavy atom. The second-order valence-corrected chi connectivity index (χ2v) is 8.28. The van der Waals surface area contributed by atoms with Gasteiger partial charge in [0.25, 0.3) is 5.91 Å². The van der Waals surface area contributed by atoms with Crippen LogP contribution in [-0.2, 0) is 11.2 Å². The van der Waals surface area contributed by atoms with Crippen LogP contribution in [0.3, 0.4) is 0 Å². The number of amidine groups is 2. The monoisotopic (exact) mass is 460 g/mol. The maximum Gasteiger partial charge on any atom is 0.283 e. The lowest BCUT2D eigenvalue weighted by Crippen LogP contribution is -2.35. The van der Waals surface area contributed by atoms with Crippen LogP contribution in [0.2, 0.25) is 0 Å². The summed E-state index contributed by atoms with van der Waals surface area (Å²) >= 11 is 1.33. The number of nitrogens with zero attached hydrogens (tertiary/aromatic N) is 3. The van der Waals surface area contributed by atoms with Crippen molar-refractivity contribution < 1.29 is 14.3 Å². The second-order valence-electron chi connectivity index (χ2n) is 7.24. The van der Waals surface area contributed by atoms with Crippen LogP contribution >= 0.6 is 11.8 Å². The van der Waals surface area contributed by atoms with Gasteiger partial charge in [0.05, 0.1) is 5.57 Å². The first-order chi connectivity index (χ1) is 16.1. The molecule has 2 aromatic carbocycles. The van der Waals surface area contributed by atoms with Crippen molar-refractivity contribution in [1.29, 1.82) is 5.41 Å². The highest BCUT2D eigenvalue weighted by atomic mass is 32.2. The number of hydrogen-bond donors (Lipinski definition) is 1. The predicted molar refractivity (Wildman–Crippen MR) is 133 cm³/mol. The number of ether oxygens (including phenoxy) is 2. The van der Waals surface area contributed by atoms with E-state index in [2.05, 4.69) is 16.7 Å². The zero-order valence-electron chi connectivity index (χ0n) is 18.3. The Morgan fingerprint density at radius 2 is 1.97 bits per heavy atom. The van der Waals surface area contributed by atoms with Crippen LogP contribution in [0.5, 0.6) is 11.5 Å². The molecule has 33 heavy (non-hydrogen) atoms. The zero-order valence-corrected chi connectivity index (χ0v) is 19.1. The number of hydrazone groups is 1. The van der Waals surface area contributed by atoms with Gasteiger partial charge in [-0.05, 0) is 60.0 Å². The van der Waals surface area contributed by atoms with Crippen molar-refractivity contribution in [2.45, 2.75) is 19.8 Å². The lowest BCUT2D eigenvalue weighted by molar-refractivity contribution is -0.114. The van der Waals surface area contributed by atoms with Gasteiger partial charge in [0.15, 0.2) is 5.84 Å². The lowest BCUT2D eigenvalue weighted by atomic mass is 10.1. The summed E-state index contributed by atoms with van der Waals surface area (Å²) in [6.07, 6.45) is 4.96. The van der Waals surface area contributed by atoms with Crippen molar-refractivity contribution in [2.75, 3.05) is 13.2 Å². The number of para-hydroxylation sites is 1. The van der Waals surface area contributed by atoms with Crippen molar-refractivity contribution in [2.24, 2.45) is 10.1 Å². The molecule has 0 radical (unpaired) electrons. The third kappa shape index (κ3) is 5.23. The molecular formula is C25H24N4O3S. The molecule has 2 aliphatic rings. The summed E-state index contributed by atoms with van der Waals surface area (Å²) < 4.78 is 11.7. The number of allylic oxidation sites excluding steroid dienone is 1. The zero-order chi connectivity index (χ0) is 23.2. The van der Waals surface area contributed by atoms with Gasteiger partial charge < -0.3 is 9.47 Å². The molecule has 4 rings (SSSR count). The normalized spacial score (nSPS) is 16.4. The van der Waals surface area contributed by atoms with Crippen LogP contribution < -0.4 is 9.47 Å². The summed E-state index contributed by atoms with van der Waals surface area (Å²) in [4.78, 5) is 16.6. The molecule has 1 N–H and O–H groups in total. The SMILES string of the molecule is C=CCc1ccccc1OCCOc1cccc(/C=C2/C(=N)N3N=C(CC)SC3=NC2=O)c1. The number of nitrogens with one attached hydrogen (secondary N) is 1. The number of benzene rings is 2. The maximum absolute atomic E-state index is 12.5. The van der Waals surface area contributed by atoms with E-state index in [0.717, 1.165) is 34.8 Å². The summed E-state index contributed by atoms with van der Waals surface area (Å²) in [7, 11) is 0. The molecule has 0 atom stereocenters. The Morgan fingerprint density at radius 3 is 2.79 bits per heavy atom. The third-order valence-corrected chi connectivity index (χ3v) is 5.97. The fourth-order valence-electron chi connectivity index (χ4n) is 3.32. The Hall–Kier alpha value is -3.65. The van der Waals surface area contributed by atoms with Crippen LogP contribution in [-0.4, -0.2) is 40.2 Å². The fraction of sp³-hybridized carbons (Fsp3) is 0.200. The van der Waals surface area contributed by atoms with Gasteiger partial charge in [-0.3, -0.25) is 10.2 Å². The number of fused-ring (bicyclic) bond motifs is 1. The number of aliphatic imine (C=N–C) groups is 1. The van der Waals surface area contributed by atoms with Crippen molar-refractivity contribution in [3.05, 3.63) is 77.9 Å². The number of carbonyl (C=O) groups excluding carboxylic acids is 1. The first-order valence-electron chi connectivity index (χ1n) is 10.6. The first-order valence-corrected chi connectivity index (χ1v) is 11.4. The summed E-state index contributed by atoms with van der Waals surface area (Å²) in [6, 6.07) is 15.2. The molecule has 2 heterocycles. The summed E-state index contributed by atoms with van der Waals surface area (Å²) in [6.45, 7) is 6.51. The van der Waals surface area contributed by atoms with Gasteiger partial charge in [0, 0.05) is 0 Å². The third-order valence-electron chi connectivity index (χ3n) is 4.91. The van der Waals surface area contributed by atoms with E-state index in [0.29, 0.717) is 24.1 Å². The molecule has 0 aliphatic carbocycles. The van der Waals surface area contributed by atoms with Gasteiger partial charge in [-0.2, -0.15) is 15.1 Å². The summed E-state index contributed by atoms with van der Waals surface area (Å²) in [5.41, 5.74) is 2.01. The lowest BCUT2D eigenvalue weighted by Gasteiger charge is -2.20. The minimum Gasteiger partial charge on any atom is -0.490 e. The highest BCUT2D eigenvalue weighted by Crippen LogP contribution is 2.29. The number of amides is 1. The van der Waals surface area contributed by atoms with E-state index in [-0.39, 0.29) is 11.4 Å². The predicted octanol–water partition coefficient (Wildman–Crippen LogP) is 4.90. The molecule has 0 saturated heterocycles. The minimum absolute atomic E-state index is 0.0267. The van der Waals surface area contributed by atoms with Gasteiger partial charge in [0.2, 0.25) is 5.17 Å². The van der Waals surface area contributed by atoms with Gasteiger partial charge >= 0.3 is 0 Å². The average molecular weight is 461 g/mol. The minimum atomic E-state index is -0.441. The molecule has 8 heteroatoms. The maximum atomic E-state index is 12.5. The van der Waals surface area contributed by atoms with E-state index in [1.54, 1.807) is 6.08 Å². The Kier molecular flexibility index (Phi) is 7.04. The fourth-order valence-corrected chi connectivity index (χ4v) is 4.14. The topological polar surface area (TPSA) is 87.3 Å². The quantitative estimate of drug-likeness (QED) is 0.327. The van der Waals surface area contributed by atoms with Crippen molar-refractivity contribution >= 4 is 39.8 Å². The Labute approximate surface area is 197 Å². The number of thioether (sulfide) groups is 1. The molecule has 0 aromatic heterocycles. The van der Waals surface area contributed by atoms with Crippen molar-refractivity contribution in [3.63, 3.8) is 0 Å². The molecular weight excluding hydrogens is 436 g/mol. The van der Waals surface area contributed by atoms with Crippen molar-refractivity contribution in [3.8, 4) is 11.5 Å². The smallest absolute Gasteiger partial charge is 0.283 e. The molecule has 2 aliphatic heterocycles. The first kappa shape index (κ1) is 22.5. The van der Waals surface area contributed by atoms with E-state index in [1.807, 2.05) is 61.5 Å². The summed E-state index contributed by atoms with van der Waals surface area (Å²) in [5.74, 6) is 1.06. The van der Waals surface area contributed by atoms with Gasteiger partial charge in [-0.15, -0.1) is 6.58 Å². The Balaban J connectivity index is 1.40. The van der Waals surface area contributed by atoms with Crippen LogP contribution in [0.4, 0.5) is 0 Å². The van der Waals surface area contributed by atoms with E-state index in [4.69, 9.17) is 14.9 Å². The van der Waals surface area contributed by atoms with E-state index in [9.17, 15) is 4.79 Å². The summed E-state index contributed by atoms with van der Waals surface area (Å²) in [5, 5.41) is 15.5. The molecule has 2 aromatic rings. The van der Waals surface area contributed by atoms with Gasteiger partial charge in [0.1, 0.15) is 29.8 Å². The average Bonchev–Trinajstić information content (AvgIpc) is 3.24. The standard InChI is InChI=1S/C25H24N4O3S/c1-3-8-18-10-5-6-12-21(18)32-14-13-31-19-11-7-9-17(15-19)16-20-23(26)29-25(27-24(20)30)33-22(4-2)28-29/h3,5-7,9-12,15-16,26H,1,4,8,13-14H2,2H3/b20-16-,26-23?. The molecule has 168 valence electrons. The van der Waals surface area contributed by atoms with Gasteiger partial charge in [-0.25, -0.2) is 0 Å². The molecule has 0 fully saturated rings. The van der Waals surface area contributed by atoms with E-state index in [1.165, 1.54) is 16.8 Å². The van der Waals surface area contributed by atoms with Crippen LogP contribution in [0.15, 0.2) is 76.9 Å².